The van der Waals surface area contributed by atoms with E-state index < -0.39 is 0 Å². The molecule has 0 spiro atoms. The van der Waals surface area contributed by atoms with Crippen LogP contribution in [0.25, 0.3) is 10.9 Å². The highest BCUT2D eigenvalue weighted by Gasteiger charge is 2.21. The molecule has 0 saturated carbocycles. The number of aromatic nitrogens is 3. The smallest absolute Gasteiger partial charge is 0.254 e. The highest BCUT2D eigenvalue weighted by atomic mass is 16.1. The number of nitrogens with zero attached hydrogens (tertiary/aromatic N) is 2. The van der Waals surface area contributed by atoms with Crippen molar-refractivity contribution in [2.75, 3.05) is 6.54 Å². The van der Waals surface area contributed by atoms with Crippen LogP contribution in [0.3, 0.4) is 0 Å². The van der Waals surface area contributed by atoms with Gasteiger partial charge in [-0.2, -0.15) is 0 Å². The minimum Gasteiger partial charge on any atom is -0.361 e. The van der Waals surface area contributed by atoms with Crippen LogP contribution in [0.5, 0.6) is 0 Å². The average Bonchev–Trinajstić information content (AvgIpc) is 3.05. The first-order valence-electron chi connectivity index (χ1n) is 8.63. The van der Waals surface area contributed by atoms with Gasteiger partial charge in [0, 0.05) is 48.7 Å². The molecule has 0 saturated heterocycles. The van der Waals surface area contributed by atoms with Crippen LogP contribution in [0.1, 0.15) is 36.0 Å². The van der Waals surface area contributed by atoms with Gasteiger partial charge in [-0.05, 0) is 30.5 Å². The Hall–Kier alpha value is -2.40. The van der Waals surface area contributed by atoms with Crippen molar-refractivity contribution in [3.8, 4) is 0 Å². The van der Waals surface area contributed by atoms with Gasteiger partial charge >= 0.3 is 0 Å². The topological polar surface area (TPSA) is 64.8 Å². The lowest BCUT2D eigenvalue weighted by Crippen LogP contribution is -2.35. The number of aryl methyl sites for hydroxylation is 1. The minimum absolute atomic E-state index is 0.0517. The SMILES string of the molecule is CCCc1nc2c(c(=O)[nH]1)CCN(Cc1cccc3[nH]ccc13)C2. The molecule has 124 valence electrons. The molecule has 5 heteroatoms. The molecular formula is C19H22N4O. The van der Waals surface area contributed by atoms with Crippen LogP contribution < -0.4 is 5.56 Å². The van der Waals surface area contributed by atoms with Crippen molar-refractivity contribution in [1.29, 1.82) is 0 Å². The molecule has 1 aliphatic heterocycles. The van der Waals surface area contributed by atoms with Gasteiger partial charge in [0.1, 0.15) is 5.82 Å². The molecule has 1 aliphatic rings. The van der Waals surface area contributed by atoms with Crippen molar-refractivity contribution < 1.29 is 0 Å². The molecule has 3 aromatic rings. The summed E-state index contributed by atoms with van der Waals surface area (Å²) in [4.78, 5) is 25.5. The lowest BCUT2D eigenvalue weighted by Gasteiger charge is -2.28. The van der Waals surface area contributed by atoms with E-state index in [9.17, 15) is 4.79 Å². The first-order chi connectivity index (χ1) is 11.7. The highest BCUT2D eigenvalue weighted by molar-refractivity contribution is 5.82. The Morgan fingerprint density at radius 1 is 1.29 bits per heavy atom. The van der Waals surface area contributed by atoms with Gasteiger partial charge in [0.05, 0.1) is 5.69 Å². The standard InChI is InChI=1S/C19H22N4O/c1-2-4-18-21-17-12-23(10-8-15(17)19(24)22-18)11-13-5-3-6-16-14(13)7-9-20-16/h3,5-7,9,20H,2,4,8,10-12H2,1H3,(H,21,22,24). The first-order valence-corrected chi connectivity index (χ1v) is 8.63. The number of hydrogen-bond acceptors (Lipinski definition) is 3. The number of benzene rings is 1. The summed E-state index contributed by atoms with van der Waals surface area (Å²) in [5.74, 6) is 0.816. The Labute approximate surface area is 140 Å². The molecule has 0 radical (unpaired) electrons. The molecular weight excluding hydrogens is 300 g/mol. The number of aromatic amines is 2. The van der Waals surface area contributed by atoms with Gasteiger partial charge in [-0.15, -0.1) is 0 Å². The van der Waals surface area contributed by atoms with Crippen LogP contribution in [0.4, 0.5) is 0 Å². The zero-order valence-corrected chi connectivity index (χ0v) is 13.9. The molecule has 4 rings (SSSR count). The summed E-state index contributed by atoms with van der Waals surface area (Å²) in [5.41, 5.74) is 4.36. The number of nitrogens with one attached hydrogen (secondary N) is 2. The first kappa shape index (κ1) is 15.1. The van der Waals surface area contributed by atoms with Gasteiger partial charge in [-0.25, -0.2) is 4.98 Å². The van der Waals surface area contributed by atoms with E-state index in [1.165, 1.54) is 16.5 Å². The Morgan fingerprint density at radius 3 is 3.08 bits per heavy atom. The van der Waals surface area contributed by atoms with E-state index in [4.69, 9.17) is 4.98 Å². The predicted octanol–water partition coefficient (Wildman–Crippen LogP) is 2.76. The van der Waals surface area contributed by atoms with Gasteiger partial charge in [0.2, 0.25) is 0 Å². The number of hydrogen-bond donors (Lipinski definition) is 2. The van der Waals surface area contributed by atoms with E-state index in [1.807, 2.05) is 6.20 Å². The van der Waals surface area contributed by atoms with Gasteiger partial charge in [-0.1, -0.05) is 19.1 Å². The molecule has 5 nitrogen and oxygen atoms in total. The zero-order chi connectivity index (χ0) is 16.5. The van der Waals surface area contributed by atoms with E-state index >= 15 is 0 Å². The summed E-state index contributed by atoms with van der Waals surface area (Å²) < 4.78 is 0. The van der Waals surface area contributed by atoms with Crippen molar-refractivity contribution in [3.63, 3.8) is 0 Å². The van der Waals surface area contributed by atoms with Crippen LogP contribution >= 0.6 is 0 Å². The third kappa shape index (κ3) is 2.76. The molecule has 0 bridgehead atoms. The summed E-state index contributed by atoms with van der Waals surface area (Å²) >= 11 is 0. The fourth-order valence-corrected chi connectivity index (χ4v) is 3.56. The van der Waals surface area contributed by atoms with E-state index in [-0.39, 0.29) is 5.56 Å². The molecule has 0 fully saturated rings. The van der Waals surface area contributed by atoms with Gasteiger partial charge in [-0.3, -0.25) is 9.69 Å². The largest absolute Gasteiger partial charge is 0.361 e. The maximum Gasteiger partial charge on any atom is 0.254 e. The van der Waals surface area contributed by atoms with E-state index in [0.717, 1.165) is 56.0 Å². The van der Waals surface area contributed by atoms with Crippen LogP contribution in [-0.4, -0.2) is 26.4 Å². The quantitative estimate of drug-likeness (QED) is 0.776. The Balaban J connectivity index is 1.60. The lowest BCUT2D eigenvalue weighted by molar-refractivity contribution is 0.241. The highest BCUT2D eigenvalue weighted by Crippen LogP contribution is 2.22. The Morgan fingerprint density at radius 2 is 2.21 bits per heavy atom. The van der Waals surface area contributed by atoms with Crippen molar-refractivity contribution in [1.82, 2.24) is 19.9 Å². The summed E-state index contributed by atoms with van der Waals surface area (Å²) in [6.45, 7) is 4.62. The van der Waals surface area contributed by atoms with Crippen molar-refractivity contribution in [2.45, 2.75) is 39.3 Å². The molecule has 0 aliphatic carbocycles. The monoisotopic (exact) mass is 322 g/mol. The predicted molar refractivity (Wildman–Crippen MR) is 95.0 cm³/mol. The molecule has 2 N–H and O–H groups in total. The Bertz CT molecular complexity index is 925. The molecule has 0 unspecified atom stereocenters. The fourth-order valence-electron chi connectivity index (χ4n) is 3.56. The van der Waals surface area contributed by atoms with Gasteiger partial charge < -0.3 is 9.97 Å². The summed E-state index contributed by atoms with van der Waals surface area (Å²) in [6, 6.07) is 8.50. The van der Waals surface area contributed by atoms with Crippen molar-refractivity contribution >= 4 is 10.9 Å². The van der Waals surface area contributed by atoms with E-state index in [0.29, 0.717) is 0 Å². The normalized spacial score (nSPS) is 14.9. The maximum absolute atomic E-state index is 12.2. The van der Waals surface area contributed by atoms with Crippen LogP contribution in [0.15, 0.2) is 35.3 Å². The second-order valence-corrected chi connectivity index (χ2v) is 6.50. The molecule has 0 atom stereocenters. The van der Waals surface area contributed by atoms with Gasteiger partial charge in [0.15, 0.2) is 0 Å². The second-order valence-electron chi connectivity index (χ2n) is 6.50. The van der Waals surface area contributed by atoms with E-state index in [2.05, 4.69) is 46.1 Å². The lowest BCUT2D eigenvalue weighted by atomic mass is 10.0. The number of rotatable bonds is 4. The molecule has 1 aromatic carbocycles. The number of H-pyrrole nitrogens is 2. The number of fused-ring (bicyclic) bond motifs is 2. The summed E-state index contributed by atoms with van der Waals surface area (Å²) in [5, 5.41) is 1.27. The van der Waals surface area contributed by atoms with Crippen molar-refractivity contribution in [3.05, 3.63) is 63.5 Å². The third-order valence-corrected chi connectivity index (χ3v) is 4.77. The average molecular weight is 322 g/mol. The van der Waals surface area contributed by atoms with Gasteiger partial charge in [0.25, 0.3) is 5.56 Å². The zero-order valence-electron chi connectivity index (χ0n) is 13.9. The summed E-state index contributed by atoms with van der Waals surface area (Å²) in [7, 11) is 0. The maximum atomic E-state index is 12.2. The molecule has 2 aromatic heterocycles. The third-order valence-electron chi connectivity index (χ3n) is 4.77. The second kappa shape index (κ2) is 6.24. The van der Waals surface area contributed by atoms with Crippen LogP contribution in [0, 0.1) is 0 Å². The van der Waals surface area contributed by atoms with Crippen molar-refractivity contribution in [2.24, 2.45) is 0 Å². The van der Waals surface area contributed by atoms with E-state index in [1.54, 1.807) is 0 Å². The fraction of sp³-hybridized carbons (Fsp3) is 0.368. The Kier molecular flexibility index (Phi) is 3.94. The molecule has 0 amide bonds. The van der Waals surface area contributed by atoms with Crippen LogP contribution in [-0.2, 0) is 25.9 Å². The minimum atomic E-state index is 0.0517. The molecule has 24 heavy (non-hydrogen) atoms. The summed E-state index contributed by atoms with van der Waals surface area (Å²) in [6.07, 6.45) is 4.57. The molecule has 3 heterocycles. The van der Waals surface area contributed by atoms with Crippen LogP contribution in [0.2, 0.25) is 0 Å².